The Hall–Kier alpha value is -3.68. The topological polar surface area (TPSA) is 114 Å². The van der Waals surface area contributed by atoms with Crippen molar-refractivity contribution in [2.24, 2.45) is 5.73 Å². The molecule has 7 nitrogen and oxygen atoms in total. The predicted molar refractivity (Wildman–Crippen MR) is 92.5 cm³/mol. The number of carbonyl (C=O) groups excluding carboxylic acids is 3. The SMILES string of the molecule is COC(=O)c1cc(C(=O)Nc2ccc3[nH]c(C(N)=O)cc3c2)ccc1F. The molecule has 0 aliphatic heterocycles. The molecule has 1 aromatic heterocycles. The van der Waals surface area contributed by atoms with E-state index >= 15 is 0 Å². The van der Waals surface area contributed by atoms with Gasteiger partial charge in [-0.1, -0.05) is 0 Å². The number of benzene rings is 2. The summed E-state index contributed by atoms with van der Waals surface area (Å²) in [5.74, 6) is -2.76. The molecule has 0 aliphatic carbocycles. The maximum atomic E-state index is 13.7. The highest BCUT2D eigenvalue weighted by atomic mass is 19.1. The van der Waals surface area contributed by atoms with Gasteiger partial charge in [-0.15, -0.1) is 0 Å². The number of esters is 1. The van der Waals surface area contributed by atoms with Crippen LogP contribution in [0.25, 0.3) is 10.9 Å². The monoisotopic (exact) mass is 355 g/mol. The van der Waals surface area contributed by atoms with E-state index in [0.29, 0.717) is 16.6 Å². The number of nitrogens with one attached hydrogen (secondary N) is 2. The summed E-state index contributed by atoms with van der Waals surface area (Å²) in [4.78, 5) is 38.0. The van der Waals surface area contributed by atoms with Crippen molar-refractivity contribution in [1.82, 2.24) is 4.98 Å². The number of nitrogens with two attached hydrogens (primary N) is 1. The number of halogens is 1. The number of carbonyl (C=O) groups is 3. The molecule has 3 aromatic rings. The Labute approximate surface area is 146 Å². The van der Waals surface area contributed by atoms with E-state index in [1.165, 1.54) is 6.07 Å². The summed E-state index contributed by atoms with van der Waals surface area (Å²) in [6.45, 7) is 0. The number of anilines is 1. The Bertz CT molecular complexity index is 1040. The lowest BCUT2D eigenvalue weighted by Crippen LogP contribution is -2.14. The minimum Gasteiger partial charge on any atom is -0.465 e. The van der Waals surface area contributed by atoms with E-state index in [2.05, 4.69) is 15.0 Å². The Balaban J connectivity index is 1.87. The quantitative estimate of drug-likeness (QED) is 0.624. The Kier molecular flexibility index (Phi) is 4.40. The average Bonchev–Trinajstić information content (AvgIpc) is 3.05. The van der Waals surface area contributed by atoms with Crippen LogP contribution in [0.1, 0.15) is 31.2 Å². The summed E-state index contributed by atoms with van der Waals surface area (Å²) in [5.41, 5.74) is 6.40. The molecular formula is C18H14FN3O4. The molecule has 132 valence electrons. The van der Waals surface area contributed by atoms with Crippen LogP contribution in [0.2, 0.25) is 0 Å². The van der Waals surface area contributed by atoms with Crippen molar-refractivity contribution in [3.8, 4) is 0 Å². The van der Waals surface area contributed by atoms with Crippen LogP contribution in [-0.2, 0) is 4.74 Å². The van der Waals surface area contributed by atoms with Crippen LogP contribution in [0, 0.1) is 5.82 Å². The number of aromatic nitrogens is 1. The lowest BCUT2D eigenvalue weighted by Gasteiger charge is -2.07. The minimum atomic E-state index is -0.870. The van der Waals surface area contributed by atoms with Crippen molar-refractivity contribution < 1.29 is 23.5 Å². The van der Waals surface area contributed by atoms with Gasteiger partial charge in [0.1, 0.15) is 11.5 Å². The van der Waals surface area contributed by atoms with Crippen molar-refractivity contribution >= 4 is 34.4 Å². The molecule has 8 heteroatoms. The van der Waals surface area contributed by atoms with Crippen molar-refractivity contribution in [1.29, 1.82) is 0 Å². The first kappa shape index (κ1) is 17.2. The van der Waals surface area contributed by atoms with Gasteiger partial charge in [-0.25, -0.2) is 9.18 Å². The van der Waals surface area contributed by atoms with Crippen LogP contribution in [0.5, 0.6) is 0 Å². The molecule has 2 amide bonds. The third kappa shape index (κ3) is 3.25. The van der Waals surface area contributed by atoms with Gasteiger partial charge in [0, 0.05) is 22.2 Å². The maximum absolute atomic E-state index is 13.7. The van der Waals surface area contributed by atoms with Gasteiger partial charge >= 0.3 is 5.97 Å². The van der Waals surface area contributed by atoms with Crippen LogP contribution >= 0.6 is 0 Å². The highest BCUT2D eigenvalue weighted by Gasteiger charge is 2.16. The van der Waals surface area contributed by atoms with Gasteiger partial charge in [0.05, 0.1) is 12.7 Å². The number of rotatable bonds is 4. The molecular weight excluding hydrogens is 341 g/mol. The van der Waals surface area contributed by atoms with Gasteiger partial charge in [-0.05, 0) is 42.5 Å². The molecule has 0 atom stereocenters. The smallest absolute Gasteiger partial charge is 0.340 e. The van der Waals surface area contributed by atoms with Crippen LogP contribution in [0.4, 0.5) is 10.1 Å². The molecule has 3 rings (SSSR count). The van der Waals surface area contributed by atoms with Gasteiger partial charge in [-0.3, -0.25) is 9.59 Å². The third-order valence-corrected chi connectivity index (χ3v) is 3.78. The molecule has 0 fully saturated rings. The number of hydrogen-bond donors (Lipinski definition) is 3. The second-order valence-corrected chi connectivity index (χ2v) is 5.49. The molecule has 26 heavy (non-hydrogen) atoms. The molecule has 0 spiro atoms. The van der Waals surface area contributed by atoms with E-state index in [9.17, 15) is 18.8 Å². The molecule has 0 bridgehead atoms. The predicted octanol–water partition coefficient (Wildman–Crippen LogP) is 2.44. The van der Waals surface area contributed by atoms with Crippen LogP contribution in [-0.4, -0.2) is 29.9 Å². The van der Waals surface area contributed by atoms with Crippen molar-refractivity contribution in [3.63, 3.8) is 0 Å². The van der Waals surface area contributed by atoms with Gasteiger partial charge < -0.3 is 20.8 Å². The summed E-state index contributed by atoms with van der Waals surface area (Å²) in [6.07, 6.45) is 0. The van der Waals surface area contributed by atoms with Crippen LogP contribution < -0.4 is 11.1 Å². The highest BCUT2D eigenvalue weighted by Crippen LogP contribution is 2.21. The number of amides is 2. The van der Waals surface area contributed by atoms with Crippen molar-refractivity contribution in [2.45, 2.75) is 0 Å². The second kappa shape index (κ2) is 6.67. The van der Waals surface area contributed by atoms with E-state index in [1.54, 1.807) is 24.3 Å². The number of primary amides is 1. The third-order valence-electron chi connectivity index (χ3n) is 3.78. The first-order valence-corrected chi connectivity index (χ1v) is 7.51. The summed E-state index contributed by atoms with van der Waals surface area (Å²) in [7, 11) is 1.13. The molecule has 0 radical (unpaired) electrons. The van der Waals surface area contributed by atoms with Crippen molar-refractivity contribution in [2.75, 3.05) is 12.4 Å². The number of hydrogen-bond acceptors (Lipinski definition) is 4. The maximum Gasteiger partial charge on any atom is 0.340 e. The largest absolute Gasteiger partial charge is 0.465 e. The summed E-state index contributed by atoms with van der Waals surface area (Å²) in [5, 5.41) is 3.33. The number of ether oxygens (including phenoxy) is 1. The van der Waals surface area contributed by atoms with E-state index < -0.39 is 23.6 Å². The van der Waals surface area contributed by atoms with Gasteiger partial charge in [-0.2, -0.15) is 0 Å². The zero-order valence-corrected chi connectivity index (χ0v) is 13.6. The molecule has 0 saturated heterocycles. The van der Waals surface area contributed by atoms with Gasteiger partial charge in [0.15, 0.2) is 0 Å². The second-order valence-electron chi connectivity index (χ2n) is 5.49. The number of methoxy groups -OCH3 is 1. The first-order chi connectivity index (χ1) is 12.4. The molecule has 2 aromatic carbocycles. The standard InChI is InChI=1S/C18H14FN3O4/c1-26-18(25)12-7-9(2-4-13(12)19)17(24)21-11-3-5-14-10(6-11)8-15(22-14)16(20)23/h2-8,22H,1H3,(H2,20,23)(H,21,24). The van der Waals surface area contributed by atoms with Crippen LogP contribution in [0.15, 0.2) is 42.5 Å². The van der Waals surface area contributed by atoms with Gasteiger partial charge in [0.2, 0.25) is 0 Å². The Morgan fingerprint density at radius 2 is 1.88 bits per heavy atom. The van der Waals surface area contributed by atoms with Gasteiger partial charge in [0.25, 0.3) is 11.8 Å². The fourth-order valence-corrected chi connectivity index (χ4v) is 2.48. The number of aromatic amines is 1. The van der Waals surface area contributed by atoms with Crippen molar-refractivity contribution in [3.05, 3.63) is 65.1 Å². The number of fused-ring (bicyclic) bond motifs is 1. The lowest BCUT2D eigenvalue weighted by molar-refractivity contribution is 0.0595. The summed E-state index contributed by atoms with van der Waals surface area (Å²) < 4.78 is 18.2. The molecule has 1 heterocycles. The Morgan fingerprint density at radius 3 is 2.58 bits per heavy atom. The van der Waals surface area contributed by atoms with E-state index in [1.807, 2.05) is 0 Å². The molecule has 0 aliphatic rings. The zero-order valence-electron chi connectivity index (χ0n) is 13.6. The molecule has 4 N–H and O–H groups in total. The molecule has 0 saturated carbocycles. The summed E-state index contributed by atoms with van der Waals surface area (Å²) >= 11 is 0. The average molecular weight is 355 g/mol. The summed E-state index contributed by atoms with van der Waals surface area (Å²) in [6, 6.07) is 9.94. The normalized spacial score (nSPS) is 10.5. The minimum absolute atomic E-state index is 0.0961. The van der Waals surface area contributed by atoms with E-state index in [-0.39, 0.29) is 16.8 Å². The fraction of sp³-hybridized carbons (Fsp3) is 0.0556. The van der Waals surface area contributed by atoms with E-state index in [4.69, 9.17) is 5.73 Å². The Morgan fingerprint density at radius 1 is 1.12 bits per heavy atom. The fourth-order valence-electron chi connectivity index (χ4n) is 2.48. The zero-order chi connectivity index (χ0) is 18.8. The number of H-pyrrole nitrogens is 1. The lowest BCUT2D eigenvalue weighted by atomic mass is 10.1. The highest BCUT2D eigenvalue weighted by molar-refractivity contribution is 6.06. The molecule has 0 unspecified atom stereocenters. The van der Waals surface area contributed by atoms with E-state index in [0.717, 1.165) is 19.2 Å². The first-order valence-electron chi connectivity index (χ1n) is 7.51. The van der Waals surface area contributed by atoms with Crippen LogP contribution in [0.3, 0.4) is 0 Å².